The highest BCUT2D eigenvalue weighted by Crippen LogP contribution is 2.25. The number of thiophene rings is 1. The van der Waals surface area contributed by atoms with Crippen LogP contribution in [-0.4, -0.2) is 38.9 Å². The van der Waals surface area contributed by atoms with Gasteiger partial charge in [0.2, 0.25) is 0 Å². The molecule has 1 fully saturated rings. The van der Waals surface area contributed by atoms with Gasteiger partial charge < -0.3 is 5.32 Å². The van der Waals surface area contributed by atoms with Crippen LogP contribution in [0.2, 0.25) is 0 Å². The minimum Gasteiger partial charge on any atom is -0.314 e. The van der Waals surface area contributed by atoms with Gasteiger partial charge in [-0.25, -0.2) is 8.42 Å². The number of halogens is 1. The molecule has 0 aromatic carbocycles. The summed E-state index contributed by atoms with van der Waals surface area (Å²) in [5, 5.41) is 4.97. The van der Waals surface area contributed by atoms with Gasteiger partial charge in [-0.2, -0.15) is 4.31 Å². The number of nitrogens with zero attached hydrogens (tertiary/aromatic N) is 1. The van der Waals surface area contributed by atoms with Gasteiger partial charge in [-0.1, -0.05) is 0 Å². The molecule has 92 valence electrons. The molecule has 0 radical (unpaired) electrons. The zero-order chi connectivity index (χ0) is 10.9. The van der Waals surface area contributed by atoms with Gasteiger partial charge in [0.05, 0.1) is 0 Å². The minimum atomic E-state index is -3.24. The molecule has 0 spiro atoms. The Kier molecular flexibility index (Phi) is 4.75. The molecular formula is C9H15ClN2O2S2. The maximum Gasteiger partial charge on any atom is 0.252 e. The van der Waals surface area contributed by atoms with Crippen LogP contribution in [0, 0.1) is 6.92 Å². The Morgan fingerprint density at radius 1 is 1.38 bits per heavy atom. The van der Waals surface area contributed by atoms with E-state index in [1.165, 1.54) is 11.3 Å². The number of nitrogens with one attached hydrogen (secondary N) is 1. The van der Waals surface area contributed by atoms with Gasteiger partial charge in [0.1, 0.15) is 4.21 Å². The number of hydrogen-bond donors (Lipinski definition) is 1. The van der Waals surface area contributed by atoms with Crippen LogP contribution in [0.5, 0.6) is 0 Å². The Bertz CT molecular complexity index is 438. The summed E-state index contributed by atoms with van der Waals surface area (Å²) >= 11 is 1.30. The van der Waals surface area contributed by atoms with Crippen molar-refractivity contribution in [3.63, 3.8) is 0 Å². The average Bonchev–Trinajstić information content (AvgIpc) is 2.66. The first-order valence-electron chi connectivity index (χ1n) is 4.87. The Morgan fingerprint density at radius 3 is 2.50 bits per heavy atom. The second-order valence-corrected chi connectivity index (χ2v) is 6.59. The van der Waals surface area contributed by atoms with E-state index in [9.17, 15) is 8.42 Å². The normalized spacial score (nSPS) is 18.1. The third-order valence-electron chi connectivity index (χ3n) is 2.47. The van der Waals surface area contributed by atoms with Crippen LogP contribution >= 0.6 is 23.7 Å². The summed E-state index contributed by atoms with van der Waals surface area (Å²) in [6.07, 6.45) is 0. The Morgan fingerprint density at radius 2 is 2.00 bits per heavy atom. The van der Waals surface area contributed by atoms with Gasteiger partial charge in [-0.3, -0.25) is 0 Å². The fraction of sp³-hybridized carbons (Fsp3) is 0.556. The van der Waals surface area contributed by atoms with Crippen molar-refractivity contribution < 1.29 is 8.42 Å². The summed E-state index contributed by atoms with van der Waals surface area (Å²) in [5.74, 6) is 0. The Labute approximate surface area is 106 Å². The van der Waals surface area contributed by atoms with E-state index in [1.54, 1.807) is 4.31 Å². The van der Waals surface area contributed by atoms with Crippen molar-refractivity contribution in [2.45, 2.75) is 11.1 Å². The monoisotopic (exact) mass is 282 g/mol. The highest BCUT2D eigenvalue weighted by atomic mass is 35.5. The summed E-state index contributed by atoms with van der Waals surface area (Å²) in [4.78, 5) is 0. The predicted molar refractivity (Wildman–Crippen MR) is 67.9 cm³/mol. The topological polar surface area (TPSA) is 49.4 Å². The second kappa shape index (κ2) is 5.46. The lowest BCUT2D eigenvalue weighted by molar-refractivity contribution is 0.361. The fourth-order valence-corrected chi connectivity index (χ4v) is 4.62. The van der Waals surface area contributed by atoms with Crippen LogP contribution in [0.3, 0.4) is 0 Å². The molecule has 0 atom stereocenters. The van der Waals surface area contributed by atoms with E-state index < -0.39 is 10.0 Å². The third kappa shape index (κ3) is 2.57. The van der Waals surface area contributed by atoms with E-state index in [2.05, 4.69) is 5.32 Å². The molecule has 1 aromatic heterocycles. The number of sulfonamides is 1. The molecule has 16 heavy (non-hydrogen) atoms. The molecule has 4 nitrogen and oxygen atoms in total. The van der Waals surface area contributed by atoms with Crippen molar-refractivity contribution in [3.05, 3.63) is 17.0 Å². The van der Waals surface area contributed by atoms with Crippen molar-refractivity contribution in [2.75, 3.05) is 26.2 Å². The van der Waals surface area contributed by atoms with Crippen LogP contribution < -0.4 is 5.32 Å². The lowest BCUT2D eigenvalue weighted by Gasteiger charge is -2.26. The van der Waals surface area contributed by atoms with Crippen LogP contribution in [0.15, 0.2) is 15.7 Å². The molecular weight excluding hydrogens is 268 g/mol. The molecule has 1 aliphatic heterocycles. The number of aryl methyl sites for hydroxylation is 1. The van der Waals surface area contributed by atoms with Gasteiger partial charge in [0.15, 0.2) is 0 Å². The summed E-state index contributed by atoms with van der Waals surface area (Å²) < 4.78 is 26.4. The van der Waals surface area contributed by atoms with E-state index in [0.29, 0.717) is 17.3 Å². The first-order chi connectivity index (χ1) is 7.12. The van der Waals surface area contributed by atoms with E-state index in [1.807, 2.05) is 18.4 Å². The largest absolute Gasteiger partial charge is 0.314 e. The van der Waals surface area contributed by atoms with Gasteiger partial charge in [0, 0.05) is 26.2 Å². The molecule has 0 unspecified atom stereocenters. The quantitative estimate of drug-likeness (QED) is 0.883. The van der Waals surface area contributed by atoms with Gasteiger partial charge >= 0.3 is 0 Å². The second-order valence-electron chi connectivity index (χ2n) is 3.55. The zero-order valence-electron chi connectivity index (χ0n) is 8.97. The Balaban J connectivity index is 0.00000128. The number of piperazine rings is 1. The molecule has 2 heterocycles. The number of rotatable bonds is 2. The maximum atomic E-state index is 12.2. The lowest BCUT2D eigenvalue weighted by atomic mass is 10.4. The molecule has 1 aromatic rings. The van der Waals surface area contributed by atoms with Crippen LogP contribution in [-0.2, 0) is 10.0 Å². The molecule has 1 N–H and O–H groups in total. The fourth-order valence-electron chi connectivity index (χ4n) is 1.63. The van der Waals surface area contributed by atoms with Gasteiger partial charge in [-0.05, 0) is 23.9 Å². The molecule has 7 heteroatoms. The van der Waals surface area contributed by atoms with Crippen LogP contribution in [0.4, 0.5) is 0 Å². The molecule has 0 saturated carbocycles. The summed E-state index contributed by atoms with van der Waals surface area (Å²) in [5.41, 5.74) is 0.846. The van der Waals surface area contributed by atoms with Crippen molar-refractivity contribution in [1.82, 2.24) is 9.62 Å². The lowest BCUT2D eigenvalue weighted by Crippen LogP contribution is -2.46. The molecule has 1 aliphatic rings. The average molecular weight is 283 g/mol. The highest BCUT2D eigenvalue weighted by molar-refractivity contribution is 7.91. The van der Waals surface area contributed by atoms with Gasteiger partial charge in [0.25, 0.3) is 10.0 Å². The molecule has 0 amide bonds. The van der Waals surface area contributed by atoms with Crippen LogP contribution in [0.25, 0.3) is 0 Å². The van der Waals surface area contributed by atoms with E-state index in [0.717, 1.165) is 18.7 Å². The molecule has 1 saturated heterocycles. The van der Waals surface area contributed by atoms with Crippen molar-refractivity contribution >= 4 is 33.8 Å². The predicted octanol–water partition coefficient (Wildman–Crippen LogP) is 1.07. The van der Waals surface area contributed by atoms with Crippen molar-refractivity contribution in [1.29, 1.82) is 0 Å². The first kappa shape index (κ1) is 13.9. The van der Waals surface area contributed by atoms with E-state index >= 15 is 0 Å². The van der Waals surface area contributed by atoms with Crippen molar-refractivity contribution in [2.24, 2.45) is 0 Å². The summed E-state index contributed by atoms with van der Waals surface area (Å²) in [7, 11) is -3.24. The SMILES string of the molecule is Cc1ccsc1S(=O)(=O)N1CCNCC1.Cl. The smallest absolute Gasteiger partial charge is 0.252 e. The molecule has 0 aliphatic carbocycles. The summed E-state index contributed by atoms with van der Waals surface area (Å²) in [6, 6.07) is 1.85. The Hall–Kier alpha value is -0.140. The minimum absolute atomic E-state index is 0. The van der Waals surface area contributed by atoms with E-state index in [-0.39, 0.29) is 12.4 Å². The van der Waals surface area contributed by atoms with Crippen molar-refractivity contribution in [3.8, 4) is 0 Å². The standard InChI is InChI=1S/C9H14N2O2S2.ClH/c1-8-2-7-14-9(8)15(12,13)11-5-3-10-4-6-11;/h2,7,10H,3-6H2,1H3;1H. The van der Waals surface area contributed by atoms with Crippen LogP contribution in [0.1, 0.15) is 5.56 Å². The first-order valence-corrected chi connectivity index (χ1v) is 7.19. The number of hydrogen-bond acceptors (Lipinski definition) is 4. The molecule has 0 bridgehead atoms. The summed E-state index contributed by atoms with van der Waals surface area (Å²) in [6.45, 7) is 4.46. The third-order valence-corrected chi connectivity index (χ3v) is 6.03. The van der Waals surface area contributed by atoms with E-state index in [4.69, 9.17) is 0 Å². The highest BCUT2D eigenvalue weighted by Gasteiger charge is 2.27. The van der Waals surface area contributed by atoms with Gasteiger partial charge in [-0.15, -0.1) is 23.7 Å². The molecule has 2 rings (SSSR count). The maximum absolute atomic E-state index is 12.2. The zero-order valence-corrected chi connectivity index (χ0v) is 11.4.